The van der Waals surface area contributed by atoms with Crippen molar-refractivity contribution in [1.82, 2.24) is 0 Å². The molecular formula is C19H21F2NO3. The number of halogens is 2. The third kappa shape index (κ3) is 4.47. The van der Waals surface area contributed by atoms with E-state index in [0.717, 1.165) is 16.8 Å². The van der Waals surface area contributed by atoms with E-state index in [9.17, 15) is 13.6 Å². The Balaban J connectivity index is 2.30. The highest BCUT2D eigenvalue weighted by Crippen LogP contribution is 2.31. The third-order valence-electron chi connectivity index (χ3n) is 3.81. The molecule has 1 N–H and O–H groups in total. The van der Waals surface area contributed by atoms with E-state index < -0.39 is 6.61 Å². The van der Waals surface area contributed by atoms with Crippen LogP contribution in [-0.4, -0.2) is 19.6 Å². The number of para-hydroxylation sites is 1. The largest absolute Gasteiger partial charge is 0.493 e. The summed E-state index contributed by atoms with van der Waals surface area (Å²) in [6.45, 7) is 3.05. The zero-order valence-corrected chi connectivity index (χ0v) is 14.6. The van der Waals surface area contributed by atoms with Crippen LogP contribution in [-0.2, 0) is 0 Å². The number of hydrogen-bond donors (Lipinski definition) is 1. The topological polar surface area (TPSA) is 47.6 Å². The second kappa shape index (κ2) is 7.96. The Morgan fingerprint density at radius 2 is 1.84 bits per heavy atom. The Morgan fingerprint density at radius 1 is 1.12 bits per heavy atom. The summed E-state index contributed by atoms with van der Waals surface area (Å²) in [5.41, 5.74) is 3.02. The molecule has 1 amide bonds. The normalized spacial score (nSPS) is 10.9. The van der Waals surface area contributed by atoms with Crippen LogP contribution in [0.15, 0.2) is 36.4 Å². The molecule has 0 aliphatic rings. The molecule has 0 spiro atoms. The second-order valence-corrected chi connectivity index (χ2v) is 5.89. The molecule has 0 aliphatic heterocycles. The average Bonchev–Trinajstić information content (AvgIpc) is 2.56. The minimum atomic E-state index is -2.96. The van der Waals surface area contributed by atoms with Gasteiger partial charge in [0.05, 0.1) is 7.11 Å². The maximum Gasteiger partial charge on any atom is 0.387 e. The lowest BCUT2D eigenvalue weighted by Gasteiger charge is -2.17. The summed E-state index contributed by atoms with van der Waals surface area (Å²) in [7, 11) is 1.33. The first kappa shape index (κ1) is 18.7. The number of anilines is 1. The summed E-state index contributed by atoms with van der Waals surface area (Å²) in [6.07, 6.45) is 0. The van der Waals surface area contributed by atoms with Gasteiger partial charge in [0.2, 0.25) is 0 Å². The average molecular weight is 349 g/mol. The minimum absolute atomic E-state index is 0.0711. The van der Waals surface area contributed by atoms with E-state index in [1.54, 1.807) is 0 Å². The van der Waals surface area contributed by atoms with E-state index in [2.05, 4.69) is 10.1 Å². The van der Waals surface area contributed by atoms with Gasteiger partial charge in [0, 0.05) is 11.3 Å². The highest BCUT2D eigenvalue weighted by molar-refractivity contribution is 6.05. The van der Waals surface area contributed by atoms with Crippen LogP contribution in [0.4, 0.5) is 14.5 Å². The fourth-order valence-electron chi connectivity index (χ4n) is 2.53. The lowest BCUT2D eigenvalue weighted by atomic mass is 9.98. The number of nitrogens with one attached hydrogen (secondary N) is 1. The van der Waals surface area contributed by atoms with E-state index >= 15 is 0 Å². The molecule has 0 fully saturated rings. The van der Waals surface area contributed by atoms with Gasteiger partial charge in [0.25, 0.3) is 5.91 Å². The predicted octanol–water partition coefficient (Wildman–Crippen LogP) is 4.98. The number of amides is 1. The van der Waals surface area contributed by atoms with Crippen LogP contribution in [0.3, 0.4) is 0 Å². The first-order valence-electron chi connectivity index (χ1n) is 7.87. The molecule has 134 valence electrons. The van der Waals surface area contributed by atoms with E-state index in [0.29, 0.717) is 0 Å². The number of alkyl halides is 2. The standard InChI is InChI=1S/C19H21F2NO3/c1-11(2)14-7-5-6-12(3)17(14)22-18(23)13-8-9-15(25-19(20)21)16(10-13)24-4/h5-11,19H,1-4H3,(H,22,23). The number of methoxy groups -OCH3 is 1. The van der Waals surface area contributed by atoms with Crippen LogP contribution < -0.4 is 14.8 Å². The Hall–Kier alpha value is -2.63. The van der Waals surface area contributed by atoms with Crippen LogP contribution in [0.1, 0.15) is 41.3 Å². The van der Waals surface area contributed by atoms with Crippen molar-refractivity contribution in [3.63, 3.8) is 0 Å². The number of ether oxygens (including phenoxy) is 2. The minimum Gasteiger partial charge on any atom is -0.493 e. The SMILES string of the molecule is COc1cc(C(=O)Nc2c(C)cccc2C(C)C)ccc1OC(F)F. The summed E-state index contributed by atoms with van der Waals surface area (Å²) in [5.74, 6) is -0.153. The fourth-order valence-corrected chi connectivity index (χ4v) is 2.53. The van der Waals surface area contributed by atoms with Gasteiger partial charge < -0.3 is 14.8 Å². The van der Waals surface area contributed by atoms with Crippen LogP contribution in [0.5, 0.6) is 11.5 Å². The molecule has 25 heavy (non-hydrogen) atoms. The molecule has 2 aromatic carbocycles. The van der Waals surface area contributed by atoms with E-state index in [1.807, 2.05) is 39.0 Å². The van der Waals surface area contributed by atoms with E-state index in [-0.39, 0.29) is 28.9 Å². The quantitative estimate of drug-likeness (QED) is 0.800. The molecule has 0 radical (unpaired) electrons. The predicted molar refractivity (Wildman–Crippen MR) is 92.8 cm³/mol. The summed E-state index contributed by atoms with van der Waals surface area (Å²) in [5, 5.41) is 2.90. The number of benzene rings is 2. The molecular weight excluding hydrogens is 328 g/mol. The zero-order valence-electron chi connectivity index (χ0n) is 14.6. The molecule has 0 bridgehead atoms. The number of carbonyl (C=O) groups excluding carboxylic acids is 1. The number of aryl methyl sites for hydroxylation is 1. The monoisotopic (exact) mass is 349 g/mol. The number of carbonyl (C=O) groups is 1. The van der Waals surface area contributed by atoms with Gasteiger partial charge in [-0.05, 0) is 42.2 Å². The van der Waals surface area contributed by atoms with Crippen molar-refractivity contribution in [2.75, 3.05) is 12.4 Å². The number of hydrogen-bond acceptors (Lipinski definition) is 3. The van der Waals surface area contributed by atoms with Crippen molar-refractivity contribution in [2.24, 2.45) is 0 Å². The fraction of sp³-hybridized carbons (Fsp3) is 0.316. The molecule has 0 saturated heterocycles. The molecule has 0 heterocycles. The first-order valence-corrected chi connectivity index (χ1v) is 7.87. The molecule has 0 atom stereocenters. The van der Waals surface area contributed by atoms with Crippen molar-refractivity contribution in [3.05, 3.63) is 53.1 Å². The zero-order chi connectivity index (χ0) is 18.6. The molecule has 6 heteroatoms. The van der Waals surface area contributed by atoms with Gasteiger partial charge in [-0.1, -0.05) is 32.0 Å². The van der Waals surface area contributed by atoms with Crippen molar-refractivity contribution < 1.29 is 23.0 Å². The van der Waals surface area contributed by atoms with Crippen molar-refractivity contribution in [3.8, 4) is 11.5 Å². The maximum atomic E-state index is 12.6. The van der Waals surface area contributed by atoms with Crippen LogP contribution in [0, 0.1) is 6.92 Å². The highest BCUT2D eigenvalue weighted by Gasteiger charge is 2.16. The lowest BCUT2D eigenvalue weighted by Crippen LogP contribution is -2.15. The van der Waals surface area contributed by atoms with Crippen molar-refractivity contribution >= 4 is 11.6 Å². The molecule has 2 aromatic rings. The van der Waals surface area contributed by atoms with Gasteiger partial charge in [0.15, 0.2) is 11.5 Å². The van der Waals surface area contributed by atoms with Crippen molar-refractivity contribution in [1.29, 1.82) is 0 Å². The molecule has 0 saturated carbocycles. The van der Waals surface area contributed by atoms with Gasteiger partial charge in [0.1, 0.15) is 0 Å². The van der Waals surface area contributed by atoms with Gasteiger partial charge in [-0.2, -0.15) is 8.78 Å². The summed E-state index contributed by atoms with van der Waals surface area (Å²) >= 11 is 0. The molecule has 4 nitrogen and oxygen atoms in total. The van der Waals surface area contributed by atoms with E-state index in [1.165, 1.54) is 25.3 Å². The van der Waals surface area contributed by atoms with Crippen LogP contribution in [0.2, 0.25) is 0 Å². The summed E-state index contributed by atoms with van der Waals surface area (Å²) in [6, 6.07) is 9.92. The van der Waals surface area contributed by atoms with Crippen LogP contribution >= 0.6 is 0 Å². The Kier molecular flexibility index (Phi) is 5.96. The second-order valence-electron chi connectivity index (χ2n) is 5.89. The van der Waals surface area contributed by atoms with Gasteiger partial charge in [-0.3, -0.25) is 4.79 Å². The lowest BCUT2D eigenvalue weighted by molar-refractivity contribution is -0.0512. The Morgan fingerprint density at radius 3 is 2.44 bits per heavy atom. The van der Waals surface area contributed by atoms with Gasteiger partial charge in [-0.25, -0.2) is 0 Å². The molecule has 0 unspecified atom stereocenters. The Labute approximate surface area is 145 Å². The van der Waals surface area contributed by atoms with E-state index in [4.69, 9.17) is 4.74 Å². The smallest absolute Gasteiger partial charge is 0.387 e. The molecule has 0 aromatic heterocycles. The van der Waals surface area contributed by atoms with Crippen LogP contribution in [0.25, 0.3) is 0 Å². The summed E-state index contributed by atoms with van der Waals surface area (Å²) in [4.78, 5) is 12.6. The molecule has 2 rings (SSSR count). The molecule has 0 aliphatic carbocycles. The Bertz CT molecular complexity index is 760. The summed E-state index contributed by atoms with van der Waals surface area (Å²) < 4.78 is 34.2. The first-order chi connectivity index (χ1) is 11.8. The number of rotatable bonds is 6. The maximum absolute atomic E-state index is 12.6. The highest BCUT2D eigenvalue weighted by atomic mass is 19.3. The van der Waals surface area contributed by atoms with Crippen molar-refractivity contribution in [2.45, 2.75) is 33.3 Å². The van der Waals surface area contributed by atoms with Gasteiger partial charge >= 0.3 is 6.61 Å². The van der Waals surface area contributed by atoms with Gasteiger partial charge in [-0.15, -0.1) is 0 Å². The third-order valence-corrected chi connectivity index (χ3v) is 3.81.